The van der Waals surface area contributed by atoms with Crippen LogP contribution in [0.15, 0.2) is 12.1 Å². The van der Waals surface area contributed by atoms with Crippen molar-refractivity contribution in [3.63, 3.8) is 0 Å². The molecule has 1 aromatic rings. The van der Waals surface area contributed by atoms with Crippen LogP contribution in [0.2, 0.25) is 0 Å². The third-order valence-corrected chi connectivity index (χ3v) is 4.14. The summed E-state index contributed by atoms with van der Waals surface area (Å²) in [5.41, 5.74) is -1.46. The highest BCUT2D eigenvalue weighted by Crippen LogP contribution is 2.34. The number of aliphatic hydroxyl groups is 1. The topological polar surface area (TPSA) is 66.4 Å². The maximum atomic E-state index is 11.5. The minimum Gasteiger partial charge on any atom is -0.375 e. The minimum atomic E-state index is -1.46. The zero-order valence-electron chi connectivity index (χ0n) is 8.40. The van der Waals surface area contributed by atoms with Gasteiger partial charge in [0.1, 0.15) is 0 Å². The Kier molecular flexibility index (Phi) is 3.05. The average molecular weight is 257 g/mol. The number of hydrogen-bond donors (Lipinski definition) is 3. The Morgan fingerprint density at radius 2 is 2.38 bits per heavy atom. The van der Waals surface area contributed by atoms with Gasteiger partial charge in [0, 0.05) is 17.8 Å². The zero-order valence-corrected chi connectivity index (χ0v) is 10.1. The van der Waals surface area contributed by atoms with Crippen LogP contribution in [0, 0.1) is 0 Å². The lowest BCUT2D eigenvalue weighted by Crippen LogP contribution is -2.34. The van der Waals surface area contributed by atoms with E-state index in [-0.39, 0.29) is 17.4 Å². The van der Waals surface area contributed by atoms with Crippen molar-refractivity contribution in [2.75, 3.05) is 12.3 Å². The molecule has 0 aliphatic carbocycles. The molecule has 2 rings (SSSR count). The molecule has 0 bridgehead atoms. The first-order chi connectivity index (χ1) is 7.58. The van der Waals surface area contributed by atoms with E-state index in [4.69, 9.17) is 0 Å². The first-order valence-electron chi connectivity index (χ1n) is 4.83. The molecule has 1 aromatic heterocycles. The van der Waals surface area contributed by atoms with Gasteiger partial charge in [-0.25, -0.2) is 0 Å². The molecule has 1 aliphatic heterocycles. The quantitative estimate of drug-likeness (QED) is 0.548. The largest absolute Gasteiger partial charge is 0.375 e. The van der Waals surface area contributed by atoms with Gasteiger partial charge in [-0.1, -0.05) is 0 Å². The molecule has 0 saturated carbocycles. The molecule has 0 aromatic carbocycles. The number of hydrogen-bond acceptors (Lipinski definition) is 5. The second kappa shape index (κ2) is 4.20. The molecular formula is C10H11NO3S2. The van der Waals surface area contributed by atoms with Crippen molar-refractivity contribution in [3.05, 3.63) is 21.9 Å². The number of ketones is 1. The summed E-state index contributed by atoms with van der Waals surface area (Å²) in [6, 6.07) is 3.26. The Morgan fingerprint density at radius 3 is 2.94 bits per heavy atom. The molecule has 1 saturated heterocycles. The van der Waals surface area contributed by atoms with E-state index in [1.54, 1.807) is 12.1 Å². The molecule has 86 valence electrons. The van der Waals surface area contributed by atoms with Gasteiger partial charge in [-0.05, 0) is 12.1 Å². The third kappa shape index (κ3) is 1.77. The van der Waals surface area contributed by atoms with E-state index in [2.05, 4.69) is 17.9 Å². The summed E-state index contributed by atoms with van der Waals surface area (Å²) in [6.45, 7) is 0.461. The summed E-state index contributed by atoms with van der Waals surface area (Å²) in [7, 11) is 0. The van der Waals surface area contributed by atoms with Crippen molar-refractivity contribution >= 4 is 35.7 Å². The highest BCUT2D eigenvalue weighted by atomic mass is 32.1. The Bertz CT molecular complexity index is 443. The standard InChI is InChI=1S/C10H11NO3S2/c12-6(5-15)7-1-2-8(16-7)10(14)3-4-11-9(10)13/h1-2,14-15H,3-5H2,(H,11,13)/t10-/m1/s1. The Hall–Kier alpha value is -0.850. The van der Waals surface area contributed by atoms with Crippen LogP contribution in [0.5, 0.6) is 0 Å². The number of amides is 1. The molecule has 0 spiro atoms. The molecular weight excluding hydrogens is 246 g/mol. The zero-order chi connectivity index (χ0) is 11.8. The molecule has 1 atom stereocenters. The van der Waals surface area contributed by atoms with Gasteiger partial charge in [-0.2, -0.15) is 12.6 Å². The molecule has 0 unspecified atom stereocenters. The third-order valence-electron chi connectivity index (χ3n) is 2.58. The molecule has 16 heavy (non-hydrogen) atoms. The SMILES string of the molecule is O=C(CS)c1ccc([C@]2(O)CCNC2=O)s1. The van der Waals surface area contributed by atoms with E-state index in [1.165, 1.54) is 0 Å². The minimum absolute atomic E-state index is 0.0958. The molecule has 4 nitrogen and oxygen atoms in total. The van der Waals surface area contributed by atoms with Gasteiger partial charge in [0.25, 0.3) is 5.91 Å². The number of Topliss-reactive ketones (excluding diaryl/α,β-unsaturated/α-hetero) is 1. The first-order valence-corrected chi connectivity index (χ1v) is 6.28. The smallest absolute Gasteiger partial charge is 0.257 e. The maximum absolute atomic E-state index is 11.5. The van der Waals surface area contributed by atoms with Crippen molar-refractivity contribution in [1.82, 2.24) is 5.32 Å². The van der Waals surface area contributed by atoms with Crippen molar-refractivity contribution in [2.24, 2.45) is 0 Å². The van der Waals surface area contributed by atoms with E-state index in [9.17, 15) is 14.7 Å². The Morgan fingerprint density at radius 1 is 1.62 bits per heavy atom. The van der Waals surface area contributed by atoms with Gasteiger partial charge in [0.15, 0.2) is 11.4 Å². The highest BCUT2D eigenvalue weighted by Gasteiger charge is 2.43. The van der Waals surface area contributed by atoms with Gasteiger partial charge >= 0.3 is 0 Å². The number of carbonyl (C=O) groups excluding carboxylic acids is 2. The molecule has 2 heterocycles. The van der Waals surface area contributed by atoms with E-state index in [1.807, 2.05) is 0 Å². The average Bonchev–Trinajstić information content (AvgIpc) is 2.87. The predicted octanol–water partition coefficient (Wildman–Crippen LogP) is 0.568. The molecule has 6 heteroatoms. The Labute approximate surface area is 102 Å². The van der Waals surface area contributed by atoms with Crippen LogP contribution in [0.4, 0.5) is 0 Å². The monoisotopic (exact) mass is 257 g/mol. The second-order valence-electron chi connectivity index (χ2n) is 3.61. The van der Waals surface area contributed by atoms with Gasteiger partial charge in [0.05, 0.1) is 10.6 Å². The Balaban J connectivity index is 2.31. The highest BCUT2D eigenvalue weighted by molar-refractivity contribution is 7.81. The van der Waals surface area contributed by atoms with Crippen molar-refractivity contribution in [3.8, 4) is 0 Å². The lowest BCUT2D eigenvalue weighted by molar-refractivity contribution is -0.135. The summed E-state index contributed by atoms with van der Waals surface area (Å²) in [5, 5.41) is 12.7. The predicted molar refractivity (Wildman–Crippen MR) is 64.0 cm³/mol. The molecule has 1 aliphatic rings. The summed E-state index contributed by atoms with van der Waals surface area (Å²) in [6.07, 6.45) is 0.348. The lowest BCUT2D eigenvalue weighted by Gasteiger charge is -2.16. The normalized spacial score (nSPS) is 24.5. The van der Waals surface area contributed by atoms with Crippen LogP contribution in [0.1, 0.15) is 21.0 Å². The van der Waals surface area contributed by atoms with E-state index in [0.717, 1.165) is 11.3 Å². The van der Waals surface area contributed by atoms with Crippen LogP contribution in [-0.4, -0.2) is 29.1 Å². The number of nitrogens with one attached hydrogen (secondary N) is 1. The van der Waals surface area contributed by atoms with Gasteiger partial charge in [-0.3, -0.25) is 9.59 Å². The first kappa shape index (κ1) is 11.6. The van der Waals surface area contributed by atoms with Gasteiger partial charge in [-0.15, -0.1) is 11.3 Å². The van der Waals surface area contributed by atoms with Crippen LogP contribution < -0.4 is 5.32 Å². The van der Waals surface area contributed by atoms with Crippen LogP contribution in [0.3, 0.4) is 0 Å². The molecule has 1 amide bonds. The maximum Gasteiger partial charge on any atom is 0.257 e. The number of thiophene rings is 1. The second-order valence-corrected chi connectivity index (χ2v) is 5.01. The lowest BCUT2D eigenvalue weighted by atomic mass is 10.0. The fourth-order valence-corrected chi connectivity index (χ4v) is 2.98. The van der Waals surface area contributed by atoms with Crippen LogP contribution in [-0.2, 0) is 10.4 Å². The van der Waals surface area contributed by atoms with E-state index >= 15 is 0 Å². The summed E-state index contributed by atoms with van der Waals surface area (Å²) >= 11 is 5.06. The molecule has 1 fully saturated rings. The molecule has 0 radical (unpaired) electrons. The van der Waals surface area contributed by atoms with E-state index in [0.29, 0.717) is 22.7 Å². The van der Waals surface area contributed by atoms with Crippen LogP contribution >= 0.6 is 24.0 Å². The molecule has 2 N–H and O–H groups in total. The van der Waals surface area contributed by atoms with Crippen molar-refractivity contribution < 1.29 is 14.7 Å². The summed E-state index contributed by atoms with van der Waals surface area (Å²) in [4.78, 5) is 23.9. The summed E-state index contributed by atoms with van der Waals surface area (Å²) in [5.74, 6) is -0.356. The number of thiol groups is 1. The fourth-order valence-electron chi connectivity index (χ4n) is 1.64. The number of carbonyl (C=O) groups is 2. The van der Waals surface area contributed by atoms with Crippen molar-refractivity contribution in [1.29, 1.82) is 0 Å². The van der Waals surface area contributed by atoms with Crippen LogP contribution in [0.25, 0.3) is 0 Å². The van der Waals surface area contributed by atoms with Gasteiger partial charge < -0.3 is 10.4 Å². The fraction of sp³-hybridized carbons (Fsp3) is 0.400. The van der Waals surface area contributed by atoms with Gasteiger partial charge in [0.2, 0.25) is 0 Å². The summed E-state index contributed by atoms with van der Waals surface area (Å²) < 4.78 is 0. The van der Waals surface area contributed by atoms with Crippen molar-refractivity contribution in [2.45, 2.75) is 12.0 Å². The number of rotatable bonds is 3. The van der Waals surface area contributed by atoms with E-state index < -0.39 is 5.60 Å².